The fourth-order valence-electron chi connectivity index (χ4n) is 3.45. The summed E-state index contributed by atoms with van der Waals surface area (Å²) in [7, 11) is 2.13. The normalized spacial score (nSPS) is 33.8. The van der Waals surface area contributed by atoms with E-state index in [1.807, 2.05) is 0 Å². The van der Waals surface area contributed by atoms with Gasteiger partial charge in [-0.25, -0.2) is 0 Å². The number of hydrogen-bond donors (Lipinski definition) is 2. The van der Waals surface area contributed by atoms with E-state index in [1.165, 1.54) is 32.1 Å². The Morgan fingerprint density at radius 2 is 1.94 bits per heavy atom. The lowest BCUT2D eigenvalue weighted by Crippen LogP contribution is -2.43. The predicted molar refractivity (Wildman–Crippen MR) is 66.2 cm³/mol. The van der Waals surface area contributed by atoms with Crippen LogP contribution < -0.4 is 5.73 Å². The van der Waals surface area contributed by atoms with Gasteiger partial charge >= 0.3 is 0 Å². The van der Waals surface area contributed by atoms with Gasteiger partial charge in [0.2, 0.25) is 0 Å². The molecular formula is C13H26N2O. The zero-order chi connectivity index (χ0) is 11.6. The summed E-state index contributed by atoms with van der Waals surface area (Å²) in [5.41, 5.74) is 5.67. The molecule has 2 aliphatic carbocycles. The monoisotopic (exact) mass is 226 g/mol. The van der Waals surface area contributed by atoms with Crippen LogP contribution in [0.1, 0.15) is 44.9 Å². The predicted octanol–water partition coefficient (Wildman–Crippen LogP) is 1.35. The number of rotatable bonds is 4. The number of nitrogens with zero attached hydrogens (tertiary/aromatic N) is 1. The van der Waals surface area contributed by atoms with Crippen molar-refractivity contribution in [3.8, 4) is 0 Å². The number of aliphatic hydroxyl groups is 1. The molecule has 2 fully saturated rings. The van der Waals surface area contributed by atoms with Crippen molar-refractivity contribution in [3.05, 3.63) is 0 Å². The fourth-order valence-corrected chi connectivity index (χ4v) is 3.45. The molecule has 0 aromatic heterocycles. The highest BCUT2D eigenvalue weighted by Gasteiger charge is 2.33. The Balaban J connectivity index is 1.77. The van der Waals surface area contributed by atoms with Crippen LogP contribution in [0.3, 0.4) is 0 Å². The highest BCUT2D eigenvalue weighted by atomic mass is 16.3. The van der Waals surface area contributed by atoms with Gasteiger partial charge in [-0.15, -0.1) is 0 Å². The minimum atomic E-state index is -0.405. The standard InChI is InChI=1S/C13H26N2O/c1-15(9-11-5-4-6-12(11)14)10-13(16)7-2-3-8-13/h11-12,16H,2-10,14H2,1H3. The van der Waals surface area contributed by atoms with Crippen LogP contribution in [0.15, 0.2) is 0 Å². The molecule has 0 aliphatic heterocycles. The van der Waals surface area contributed by atoms with E-state index in [9.17, 15) is 5.11 Å². The lowest BCUT2D eigenvalue weighted by atomic mass is 9.99. The van der Waals surface area contributed by atoms with Gasteiger partial charge in [-0.1, -0.05) is 19.3 Å². The van der Waals surface area contributed by atoms with Gasteiger partial charge in [0.1, 0.15) is 0 Å². The molecule has 0 aromatic rings. The lowest BCUT2D eigenvalue weighted by Gasteiger charge is -2.31. The molecule has 3 nitrogen and oxygen atoms in total. The summed E-state index contributed by atoms with van der Waals surface area (Å²) in [5, 5.41) is 10.3. The van der Waals surface area contributed by atoms with Crippen LogP contribution in [0.25, 0.3) is 0 Å². The molecule has 2 aliphatic rings. The summed E-state index contributed by atoms with van der Waals surface area (Å²) in [5.74, 6) is 0.648. The molecule has 2 saturated carbocycles. The van der Waals surface area contributed by atoms with Crippen LogP contribution in [-0.4, -0.2) is 41.8 Å². The van der Waals surface area contributed by atoms with Crippen LogP contribution in [0, 0.1) is 5.92 Å². The van der Waals surface area contributed by atoms with Gasteiger partial charge in [-0.3, -0.25) is 0 Å². The minimum absolute atomic E-state index is 0.390. The first-order chi connectivity index (χ1) is 7.59. The topological polar surface area (TPSA) is 49.5 Å². The second-order valence-corrected chi connectivity index (χ2v) is 5.98. The SMILES string of the molecule is CN(CC1CCCC1N)CC1(O)CCCC1. The van der Waals surface area contributed by atoms with E-state index in [2.05, 4.69) is 11.9 Å². The maximum Gasteiger partial charge on any atom is 0.0774 e. The van der Waals surface area contributed by atoms with Crippen LogP contribution >= 0.6 is 0 Å². The van der Waals surface area contributed by atoms with Gasteiger partial charge in [0.25, 0.3) is 0 Å². The summed E-state index contributed by atoms with van der Waals surface area (Å²) in [6, 6.07) is 0.390. The highest BCUT2D eigenvalue weighted by molar-refractivity contribution is 4.88. The number of likely N-dealkylation sites (N-methyl/N-ethyl adjacent to an activating group) is 1. The molecule has 0 heterocycles. The second kappa shape index (κ2) is 5.03. The lowest BCUT2D eigenvalue weighted by molar-refractivity contribution is 0.0126. The van der Waals surface area contributed by atoms with Gasteiger partial charge in [-0.05, 0) is 38.6 Å². The largest absolute Gasteiger partial charge is 0.389 e. The quantitative estimate of drug-likeness (QED) is 0.761. The molecule has 0 bridgehead atoms. The zero-order valence-corrected chi connectivity index (χ0v) is 10.5. The summed E-state index contributed by atoms with van der Waals surface area (Å²) < 4.78 is 0. The third-order valence-corrected chi connectivity index (χ3v) is 4.36. The van der Waals surface area contributed by atoms with Crippen LogP contribution in [0.5, 0.6) is 0 Å². The molecule has 0 saturated heterocycles. The van der Waals surface area contributed by atoms with Crippen molar-refractivity contribution in [1.82, 2.24) is 4.90 Å². The average Bonchev–Trinajstić information content (AvgIpc) is 2.77. The fraction of sp³-hybridized carbons (Fsp3) is 1.00. The first kappa shape index (κ1) is 12.3. The van der Waals surface area contributed by atoms with Crippen molar-refractivity contribution in [1.29, 1.82) is 0 Å². The van der Waals surface area contributed by atoms with Gasteiger partial charge in [0.15, 0.2) is 0 Å². The minimum Gasteiger partial charge on any atom is -0.389 e. The molecular weight excluding hydrogens is 200 g/mol. The third-order valence-electron chi connectivity index (χ3n) is 4.36. The van der Waals surface area contributed by atoms with Gasteiger partial charge in [0, 0.05) is 19.1 Å². The first-order valence-electron chi connectivity index (χ1n) is 6.76. The van der Waals surface area contributed by atoms with Gasteiger partial charge in [0.05, 0.1) is 5.60 Å². The maximum absolute atomic E-state index is 10.3. The van der Waals surface area contributed by atoms with Crippen LogP contribution in [-0.2, 0) is 0 Å². The van der Waals surface area contributed by atoms with Gasteiger partial charge < -0.3 is 15.7 Å². The molecule has 0 spiro atoms. The Morgan fingerprint density at radius 1 is 1.25 bits per heavy atom. The van der Waals surface area contributed by atoms with Gasteiger partial charge in [-0.2, -0.15) is 0 Å². The van der Waals surface area contributed by atoms with E-state index in [0.29, 0.717) is 12.0 Å². The number of nitrogens with two attached hydrogens (primary N) is 1. The Bertz CT molecular complexity index is 226. The Kier molecular flexibility index (Phi) is 3.88. The molecule has 2 atom stereocenters. The van der Waals surface area contributed by atoms with Crippen molar-refractivity contribution >= 4 is 0 Å². The molecule has 2 rings (SSSR count). The smallest absolute Gasteiger partial charge is 0.0774 e. The van der Waals surface area contributed by atoms with E-state index < -0.39 is 5.60 Å². The van der Waals surface area contributed by atoms with Crippen molar-refractivity contribution in [3.63, 3.8) is 0 Å². The van der Waals surface area contributed by atoms with Crippen molar-refractivity contribution in [2.24, 2.45) is 11.7 Å². The molecule has 0 radical (unpaired) electrons. The molecule has 3 heteroatoms. The molecule has 0 amide bonds. The molecule has 0 aromatic carbocycles. The molecule has 16 heavy (non-hydrogen) atoms. The second-order valence-electron chi connectivity index (χ2n) is 5.98. The van der Waals surface area contributed by atoms with E-state index in [0.717, 1.165) is 25.9 Å². The molecule has 94 valence electrons. The third kappa shape index (κ3) is 2.96. The van der Waals surface area contributed by atoms with Crippen LogP contribution in [0.2, 0.25) is 0 Å². The van der Waals surface area contributed by atoms with Crippen LogP contribution in [0.4, 0.5) is 0 Å². The van der Waals surface area contributed by atoms with Crippen molar-refractivity contribution < 1.29 is 5.11 Å². The Morgan fingerprint density at radius 3 is 2.50 bits per heavy atom. The van der Waals surface area contributed by atoms with E-state index in [4.69, 9.17) is 5.73 Å². The highest BCUT2D eigenvalue weighted by Crippen LogP contribution is 2.31. The van der Waals surface area contributed by atoms with E-state index in [1.54, 1.807) is 0 Å². The number of hydrogen-bond acceptors (Lipinski definition) is 3. The summed E-state index contributed by atoms with van der Waals surface area (Å²) in [4.78, 5) is 2.29. The maximum atomic E-state index is 10.3. The molecule has 3 N–H and O–H groups in total. The van der Waals surface area contributed by atoms with E-state index in [-0.39, 0.29) is 0 Å². The zero-order valence-electron chi connectivity index (χ0n) is 10.5. The van der Waals surface area contributed by atoms with Crippen molar-refractivity contribution in [2.45, 2.75) is 56.6 Å². The Labute approximate surface area is 99.0 Å². The molecule has 2 unspecified atom stereocenters. The van der Waals surface area contributed by atoms with E-state index >= 15 is 0 Å². The van der Waals surface area contributed by atoms with Crippen molar-refractivity contribution in [2.75, 3.05) is 20.1 Å². The first-order valence-corrected chi connectivity index (χ1v) is 6.76. The summed E-state index contributed by atoms with van der Waals surface area (Å²) >= 11 is 0. The summed E-state index contributed by atoms with van der Waals surface area (Å²) in [6.07, 6.45) is 8.07. The average molecular weight is 226 g/mol. The summed E-state index contributed by atoms with van der Waals surface area (Å²) in [6.45, 7) is 1.89. The Hall–Kier alpha value is -0.120.